The van der Waals surface area contributed by atoms with Gasteiger partial charge in [0.2, 0.25) is 5.95 Å². The molecule has 5 nitrogen and oxygen atoms in total. The van der Waals surface area contributed by atoms with Crippen LogP contribution >= 0.6 is 15.9 Å². The van der Waals surface area contributed by atoms with Crippen molar-refractivity contribution in [3.8, 4) is 0 Å². The van der Waals surface area contributed by atoms with Gasteiger partial charge in [-0.25, -0.2) is 9.37 Å². The van der Waals surface area contributed by atoms with Gasteiger partial charge >= 0.3 is 6.18 Å². The molecule has 2 rings (SSSR count). The van der Waals surface area contributed by atoms with Gasteiger partial charge in [0.15, 0.2) is 5.69 Å². The Kier molecular flexibility index (Phi) is 5.60. The molecule has 2 aromatic rings. The van der Waals surface area contributed by atoms with Crippen molar-refractivity contribution in [2.75, 3.05) is 17.2 Å². The topological polar surface area (TPSA) is 70.1 Å². The standard InChI is InChI=1S/C14H13BrF4N4O/c1-7(6-24)20-13-22-11(14(17,18)19)5-12(23-13)21-10-3-2-8(16)4-9(10)15/h2-5,7,24H,6H2,1H3,(H2,20,21,22,23)/t7-/m1/s1. The summed E-state index contributed by atoms with van der Waals surface area (Å²) in [5.41, 5.74) is -0.810. The van der Waals surface area contributed by atoms with E-state index in [2.05, 4.69) is 36.5 Å². The number of nitrogens with one attached hydrogen (secondary N) is 2. The van der Waals surface area contributed by atoms with Crippen LogP contribution in [-0.4, -0.2) is 27.7 Å². The molecule has 1 aromatic heterocycles. The molecule has 0 aliphatic heterocycles. The molecule has 0 aliphatic carbocycles. The molecule has 1 atom stereocenters. The molecule has 0 radical (unpaired) electrons. The first-order valence-corrected chi connectivity index (χ1v) is 7.54. The van der Waals surface area contributed by atoms with E-state index in [4.69, 9.17) is 5.11 Å². The Morgan fingerprint density at radius 1 is 1.25 bits per heavy atom. The van der Waals surface area contributed by atoms with Crippen LogP contribution in [0.2, 0.25) is 0 Å². The summed E-state index contributed by atoms with van der Waals surface area (Å²) < 4.78 is 52.4. The van der Waals surface area contributed by atoms with Crippen molar-refractivity contribution < 1.29 is 22.7 Å². The molecular weight excluding hydrogens is 396 g/mol. The highest BCUT2D eigenvalue weighted by Gasteiger charge is 2.34. The summed E-state index contributed by atoms with van der Waals surface area (Å²) in [6.45, 7) is 1.26. The molecule has 0 spiro atoms. The van der Waals surface area contributed by atoms with E-state index < -0.39 is 23.7 Å². The zero-order chi connectivity index (χ0) is 17.9. The maximum atomic E-state index is 13.1. The predicted molar refractivity (Wildman–Crippen MR) is 84.6 cm³/mol. The van der Waals surface area contributed by atoms with Crippen LogP contribution in [0.3, 0.4) is 0 Å². The van der Waals surface area contributed by atoms with Crippen molar-refractivity contribution in [2.45, 2.75) is 19.1 Å². The van der Waals surface area contributed by atoms with Crippen molar-refractivity contribution >= 4 is 33.4 Å². The molecule has 0 fully saturated rings. The fourth-order valence-corrected chi connectivity index (χ4v) is 2.17. The largest absolute Gasteiger partial charge is 0.433 e. The van der Waals surface area contributed by atoms with Crippen molar-refractivity contribution in [1.29, 1.82) is 0 Å². The lowest BCUT2D eigenvalue weighted by atomic mass is 10.3. The van der Waals surface area contributed by atoms with Crippen LogP contribution in [0.5, 0.6) is 0 Å². The number of benzene rings is 1. The number of hydrogen-bond acceptors (Lipinski definition) is 5. The Bertz CT molecular complexity index is 726. The van der Waals surface area contributed by atoms with Crippen LogP contribution in [0.25, 0.3) is 0 Å². The Morgan fingerprint density at radius 3 is 2.54 bits per heavy atom. The maximum absolute atomic E-state index is 13.1. The number of anilines is 3. The van der Waals surface area contributed by atoms with Gasteiger partial charge < -0.3 is 15.7 Å². The average molecular weight is 409 g/mol. The molecule has 0 unspecified atom stereocenters. The van der Waals surface area contributed by atoms with Gasteiger partial charge in [-0.15, -0.1) is 0 Å². The molecule has 130 valence electrons. The van der Waals surface area contributed by atoms with Crippen LogP contribution in [0.4, 0.5) is 35.0 Å². The molecule has 10 heteroatoms. The Labute approximate surface area is 143 Å². The molecule has 0 bridgehead atoms. The van der Waals surface area contributed by atoms with Gasteiger partial charge in [-0.3, -0.25) is 0 Å². The number of aromatic nitrogens is 2. The van der Waals surface area contributed by atoms with Gasteiger partial charge in [-0.2, -0.15) is 18.2 Å². The first-order valence-electron chi connectivity index (χ1n) is 6.75. The highest BCUT2D eigenvalue weighted by atomic mass is 79.9. The minimum Gasteiger partial charge on any atom is -0.394 e. The second kappa shape index (κ2) is 7.31. The van der Waals surface area contributed by atoms with E-state index in [9.17, 15) is 17.6 Å². The van der Waals surface area contributed by atoms with Gasteiger partial charge in [-0.1, -0.05) is 0 Å². The van der Waals surface area contributed by atoms with Gasteiger partial charge in [0, 0.05) is 16.6 Å². The number of nitrogens with zero attached hydrogens (tertiary/aromatic N) is 2. The van der Waals surface area contributed by atoms with Crippen LogP contribution in [-0.2, 0) is 6.18 Å². The fourth-order valence-electron chi connectivity index (χ4n) is 1.72. The van der Waals surface area contributed by atoms with E-state index in [-0.39, 0.29) is 18.4 Å². The van der Waals surface area contributed by atoms with Gasteiger partial charge in [0.1, 0.15) is 11.6 Å². The average Bonchev–Trinajstić information content (AvgIpc) is 2.49. The molecule has 0 saturated carbocycles. The first-order chi connectivity index (χ1) is 11.2. The summed E-state index contributed by atoms with van der Waals surface area (Å²) in [7, 11) is 0. The van der Waals surface area contributed by atoms with Crippen molar-refractivity contribution in [3.63, 3.8) is 0 Å². The summed E-state index contributed by atoms with van der Waals surface area (Å²) >= 11 is 3.12. The molecular formula is C14H13BrF4N4O. The van der Waals surface area contributed by atoms with E-state index >= 15 is 0 Å². The number of alkyl halides is 3. The van der Waals surface area contributed by atoms with E-state index in [0.29, 0.717) is 10.2 Å². The summed E-state index contributed by atoms with van der Waals surface area (Å²) in [5.74, 6) is -0.908. The summed E-state index contributed by atoms with van der Waals surface area (Å²) in [6, 6.07) is 3.90. The van der Waals surface area contributed by atoms with E-state index in [1.807, 2.05) is 0 Å². The lowest BCUT2D eigenvalue weighted by Crippen LogP contribution is -2.22. The highest BCUT2D eigenvalue weighted by molar-refractivity contribution is 9.10. The number of aliphatic hydroxyl groups excluding tert-OH is 1. The van der Waals surface area contributed by atoms with Crippen LogP contribution in [0, 0.1) is 5.82 Å². The molecule has 0 saturated heterocycles. The van der Waals surface area contributed by atoms with Crippen molar-refractivity contribution in [2.24, 2.45) is 0 Å². The minimum atomic E-state index is -4.67. The molecule has 24 heavy (non-hydrogen) atoms. The third-order valence-corrected chi connectivity index (χ3v) is 3.52. The quantitative estimate of drug-likeness (QED) is 0.653. The van der Waals surface area contributed by atoms with Gasteiger partial charge in [0.25, 0.3) is 0 Å². The third-order valence-electron chi connectivity index (χ3n) is 2.86. The second-order valence-electron chi connectivity index (χ2n) is 4.94. The minimum absolute atomic E-state index is 0.128. The maximum Gasteiger partial charge on any atom is 0.433 e. The van der Waals surface area contributed by atoms with Crippen molar-refractivity contribution in [3.05, 3.63) is 40.2 Å². The number of aliphatic hydroxyl groups is 1. The normalized spacial score (nSPS) is 12.8. The smallest absolute Gasteiger partial charge is 0.394 e. The van der Waals surface area contributed by atoms with E-state index in [1.54, 1.807) is 6.92 Å². The first kappa shape index (κ1) is 18.4. The molecule has 1 aromatic carbocycles. The summed E-state index contributed by atoms with van der Waals surface area (Å²) in [4.78, 5) is 7.34. The lowest BCUT2D eigenvalue weighted by Gasteiger charge is -2.15. The van der Waals surface area contributed by atoms with Crippen LogP contribution < -0.4 is 10.6 Å². The second-order valence-corrected chi connectivity index (χ2v) is 5.79. The molecule has 1 heterocycles. The van der Waals surface area contributed by atoms with Gasteiger partial charge in [0.05, 0.1) is 12.3 Å². The monoisotopic (exact) mass is 408 g/mol. The predicted octanol–water partition coefficient (Wildman–Crippen LogP) is 3.93. The number of rotatable bonds is 5. The zero-order valence-corrected chi connectivity index (χ0v) is 13.9. The molecule has 0 amide bonds. The van der Waals surface area contributed by atoms with E-state index in [0.717, 1.165) is 12.1 Å². The van der Waals surface area contributed by atoms with E-state index in [1.165, 1.54) is 12.1 Å². The highest BCUT2D eigenvalue weighted by Crippen LogP contribution is 2.32. The van der Waals surface area contributed by atoms with Crippen LogP contribution in [0.1, 0.15) is 12.6 Å². The zero-order valence-electron chi connectivity index (χ0n) is 12.3. The third kappa shape index (κ3) is 4.78. The van der Waals surface area contributed by atoms with Gasteiger partial charge in [-0.05, 0) is 41.1 Å². The SMILES string of the molecule is C[C@H](CO)Nc1nc(Nc2ccc(F)cc2Br)cc(C(F)(F)F)n1. The molecule has 0 aliphatic rings. The Hall–Kier alpha value is -1.94. The van der Waals surface area contributed by atoms with Crippen LogP contribution in [0.15, 0.2) is 28.7 Å². The molecule has 3 N–H and O–H groups in total. The number of hydrogen-bond donors (Lipinski definition) is 3. The van der Waals surface area contributed by atoms with Crippen molar-refractivity contribution in [1.82, 2.24) is 9.97 Å². The summed E-state index contributed by atoms with van der Waals surface area (Å²) in [6.07, 6.45) is -4.67. The number of halogens is 5. The summed E-state index contributed by atoms with van der Waals surface area (Å²) in [5, 5.41) is 14.2. The lowest BCUT2D eigenvalue weighted by molar-refractivity contribution is -0.141. The fraction of sp³-hybridized carbons (Fsp3) is 0.286. The Morgan fingerprint density at radius 2 is 1.96 bits per heavy atom. The Balaban J connectivity index is 2.38.